The van der Waals surface area contributed by atoms with E-state index in [1.165, 1.54) is 0 Å². The fourth-order valence-corrected chi connectivity index (χ4v) is 3.78. The first kappa shape index (κ1) is 18.1. The molecule has 0 spiro atoms. The summed E-state index contributed by atoms with van der Waals surface area (Å²) in [6.07, 6.45) is 2.92. The van der Waals surface area contributed by atoms with Gasteiger partial charge in [-0.2, -0.15) is 10.2 Å². The second-order valence-corrected chi connectivity index (χ2v) is 8.46. The van der Waals surface area contributed by atoms with E-state index in [0.29, 0.717) is 19.8 Å². The average molecular weight is 369 g/mol. The van der Waals surface area contributed by atoms with Crippen LogP contribution < -0.4 is 10.5 Å². The van der Waals surface area contributed by atoms with Gasteiger partial charge in [0.15, 0.2) is 5.82 Å². The van der Waals surface area contributed by atoms with Gasteiger partial charge >= 0.3 is 0 Å². The standard InChI is InChI=1S/C20H27N5O2/c1-20(2,3)17-6-7-19(26)25(23-17)12-15-5-4-9-24(15)18-11-14-13-27-10-8-16(14)21-22-18/h6-7,11,15H,4-5,8-10,12-13H2,1-3H3. The molecule has 27 heavy (non-hydrogen) atoms. The van der Waals surface area contributed by atoms with Gasteiger partial charge in [-0.1, -0.05) is 20.8 Å². The molecule has 4 rings (SSSR count). The van der Waals surface area contributed by atoms with Crippen LogP contribution in [0.5, 0.6) is 0 Å². The van der Waals surface area contributed by atoms with E-state index in [1.807, 2.05) is 6.07 Å². The summed E-state index contributed by atoms with van der Waals surface area (Å²) in [5, 5.41) is 13.5. The lowest BCUT2D eigenvalue weighted by molar-refractivity contribution is 0.109. The molecule has 2 aromatic heterocycles. The third-order valence-corrected chi connectivity index (χ3v) is 5.38. The van der Waals surface area contributed by atoms with Crippen molar-refractivity contribution >= 4 is 5.82 Å². The molecule has 2 aliphatic heterocycles. The highest BCUT2D eigenvalue weighted by atomic mass is 16.5. The molecule has 0 aromatic carbocycles. The van der Waals surface area contributed by atoms with Crippen LogP contribution in [0.3, 0.4) is 0 Å². The van der Waals surface area contributed by atoms with Gasteiger partial charge in [-0.15, -0.1) is 5.10 Å². The number of hydrogen-bond donors (Lipinski definition) is 0. The van der Waals surface area contributed by atoms with Crippen molar-refractivity contribution in [3.63, 3.8) is 0 Å². The van der Waals surface area contributed by atoms with Gasteiger partial charge < -0.3 is 9.64 Å². The Hall–Kier alpha value is -2.28. The summed E-state index contributed by atoms with van der Waals surface area (Å²) in [7, 11) is 0. The molecule has 0 radical (unpaired) electrons. The van der Waals surface area contributed by atoms with Crippen molar-refractivity contribution in [2.45, 2.75) is 64.6 Å². The van der Waals surface area contributed by atoms with E-state index in [2.05, 4.69) is 47.0 Å². The lowest BCUT2D eigenvalue weighted by Gasteiger charge is -2.27. The fourth-order valence-electron chi connectivity index (χ4n) is 3.78. The average Bonchev–Trinajstić information content (AvgIpc) is 3.10. The Labute approximate surface area is 159 Å². The molecule has 1 atom stereocenters. The molecule has 1 fully saturated rings. The smallest absolute Gasteiger partial charge is 0.266 e. The molecule has 7 nitrogen and oxygen atoms in total. The molecular weight excluding hydrogens is 342 g/mol. The summed E-state index contributed by atoms with van der Waals surface area (Å²) in [6.45, 7) is 9.13. The van der Waals surface area contributed by atoms with Crippen LogP contribution in [0.1, 0.15) is 50.6 Å². The van der Waals surface area contributed by atoms with Crippen LogP contribution in [0.2, 0.25) is 0 Å². The lowest BCUT2D eigenvalue weighted by atomic mass is 9.92. The Kier molecular flexibility index (Phi) is 4.72. The van der Waals surface area contributed by atoms with E-state index >= 15 is 0 Å². The predicted octanol–water partition coefficient (Wildman–Crippen LogP) is 2.07. The van der Waals surface area contributed by atoms with E-state index in [0.717, 1.165) is 48.6 Å². The summed E-state index contributed by atoms with van der Waals surface area (Å²) < 4.78 is 7.16. The second kappa shape index (κ2) is 7.03. The van der Waals surface area contributed by atoms with Gasteiger partial charge in [0.25, 0.3) is 5.56 Å². The van der Waals surface area contributed by atoms with Gasteiger partial charge in [0, 0.05) is 30.0 Å². The number of rotatable bonds is 3. The molecule has 4 heterocycles. The van der Waals surface area contributed by atoms with Gasteiger partial charge in [-0.25, -0.2) is 4.68 Å². The van der Waals surface area contributed by atoms with Crippen LogP contribution in [0, 0.1) is 0 Å². The zero-order chi connectivity index (χ0) is 19.0. The third-order valence-electron chi connectivity index (χ3n) is 5.38. The number of ether oxygens (including phenoxy) is 1. The molecule has 144 valence electrons. The van der Waals surface area contributed by atoms with Crippen LogP contribution in [-0.4, -0.2) is 39.2 Å². The van der Waals surface area contributed by atoms with Gasteiger partial charge in [0.05, 0.1) is 37.2 Å². The highest BCUT2D eigenvalue weighted by Gasteiger charge is 2.28. The zero-order valence-electron chi connectivity index (χ0n) is 16.3. The molecule has 7 heteroatoms. The molecule has 0 bridgehead atoms. The zero-order valence-corrected chi connectivity index (χ0v) is 16.3. The molecule has 0 saturated carbocycles. The first-order valence-corrected chi connectivity index (χ1v) is 9.70. The molecule has 1 saturated heterocycles. The monoisotopic (exact) mass is 369 g/mol. The van der Waals surface area contributed by atoms with E-state index < -0.39 is 0 Å². The molecule has 2 aromatic rings. The van der Waals surface area contributed by atoms with E-state index in [9.17, 15) is 4.79 Å². The van der Waals surface area contributed by atoms with Crippen LogP contribution in [-0.2, 0) is 29.7 Å². The predicted molar refractivity (Wildman–Crippen MR) is 103 cm³/mol. The Morgan fingerprint density at radius 1 is 1.26 bits per heavy atom. The number of hydrogen-bond acceptors (Lipinski definition) is 6. The topological polar surface area (TPSA) is 73.1 Å². The van der Waals surface area contributed by atoms with Crippen molar-refractivity contribution in [1.82, 2.24) is 20.0 Å². The molecule has 1 unspecified atom stereocenters. The fraction of sp³-hybridized carbons (Fsp3) is 0.600. The van der Waals surface area contributed by atoms with Gasteiger partial charge in [0.1, 0.15) is 0 Å². The second-order valence-electron chi connectivity index (χ2n) is 8.46. The third kappa shape index (κ3) is 3.74. The number of aromatic nitrogens is 4. The number of anilines is 1. The maximum absolute atomic E-state index is 12.4. The Morgan fingerprint density at radius 3 is 2.93 bits per heavy atom. The van der Waals surface area contributed by atoms with E-state index in [4.69, 9.17) is 4.74 Å². The first-order valence-electron chi connectivity index (χ1n) is 9.70. The maximum Gasteiger partial charge on any atom is 0.266 e. The van der Waals surface area contributed by atoms with Crippen molar-refractivity contribution in [3.8, 4) is 0 Å². The molecule has 2 aliphatic rings. The quantitative estimate of drug-likeness (QED) is 0.825. The van der Waals surface area contributed by atoms with Crippen LogP contribution in [0.4, 0.5) is 5.82 Å². The summed E-state index contributed by atoms with van der Waals surface area (Å²) >= 11 is 0. The molecule has 0 aliphatic carbocycles. The minimum Gasteiger partial charge on any atom is -0.376 e. The summed E-state index contributed by atoms with van der Waals surface area (Å²) in [5.41, 5.74) is 2.95. The number of nitrogens with zero attached hydrogens (tertiary/aromatic N) is 5. The van der Waals surface area contributed by atoms with E-state index in [-0.39, 0.29) is 17.0 Å². The normalized spacial score (nSPS) is 20.0. The lowest BCUT2D eigenvalue weighted by Crippen LogP contribution is -2.38. The minimum atomic E-state index is -0.0885. The largest absolute Gasteiger partial charge is 0.376 e. The Balaban J connectivity index is 1.58. The van der Waals surface area contributed by atoms with Gasteiger partial charge in [0.2, 0.25) is 0 Å². The molecule has 0 amide bonds. The van der Waals surface area contributed by atoms with E-state index in [1.54, 1.807) is 10.7 Å². The number of fused-ring (bicyclic) bond motifs is 1. The van der Waals surface area contributed by atoms with Crippen LogP contribution >= 0.6 is 0 Å². The van der Waals surface area contributed by atoms with Crippen molar-refractivity contribution in [2.24, 2.45) is 0 Å². The van der Waals surface area contributed by atoms with Crippen molar-refractivity contribution in [1.29, 1.82) is 0 Å². The molecular formula is C20H27N5O2. The minimum absolute atomic E-state index is 0.0558. The van der Waals surface area contributed by atoms with Crippen molar-refractivity contribution in [2.75, 3.05) is 18.1 Å². The van der Waals surface area contributed by atoms with Crippen LogP contribution in [0.15, 0.2) is 23.0 Å². The van der Waals surface area contributed by atoms with Gasteiger partial charge in [-0.3, -0.25) is 4.79 Å². The summed E-state index contributed by atoms with van der Waals surface area (Å²) in [6, 6.07) is 5.76. The molecule has 0 N–H and O–H groups in total. The SMILES string of the molecule is CC(C)(C)c1ccc(=O)n(CC2CCCN2c2cc3c(nn2)CCOC3)n1. The Morgan fingerprint density at radius 2 is 2.11 bits per heavy atom. The van der Waals surface area contributed by atoms with Crippen LogP contribution in [0.25, 0.3) is 0 Å². The highest BCUT2D eigenvalue weighted by molar-refractivity contribution is 5.43. The van der Waals surface area contributed by atoms with Crippen molar-refractivity contribution < 1.29 is 4.74 Å². The van der Waals surface area contributed by atoms with Crippen molar-refractivity contribution in [3.05, 3.63) is 45.5 Å². The van der Waals surface area contributed by atoms with Gasteiger partial charge in [-0.05, 0) is 25.0 Å². The first-order chi connectivity index (χ1) is 12.9. The Bertz CT molecular complexity index is 887. The summed E-state index contributed by atoms with van der Waals surface area (Å²) in [5.74, 6) is 0.877. The summed E-state index contributed by atoms with van der Waals surface area (Å²) in [4.78, 5) is 14.6. The highest BCUT2D eigenvalue weighted by Crippen LogP contribution is 2.27. The maximum atomic E-state index is 12.4.